The fraction of sp³-hybridized carbons (Fsp3) is 0.278. The summed E-state index contributed by atoms with van der Waals surface area (Å²) in [6.07, 6.45) is 7.21. The maximum Gasteiger partial charge on any atom is 0.274 e. The molecule has 6 nitrogen and oxygen atoms in total. The lowest BCUT2D eigenvalue weighted by Crippen LogP contribution is -2.17. The molecule has 2 N–H and O–H groups in total. The van der Waals surface area contributed by atoms with E-state index >= 15 is 0 Å². The van der Waals surface area contributed by atoms with E-state index in [-0.39, 0.29) is 12.6 Å². The van der Waals surface area contributed by atoms with E-state index in [1.165, 1.54) is 6.40 Å². The average molecular weight is 327 g/mol. The van der Waals surface area contributed by atoms with Gasteiger partial charge in [-0.2, -0.15) is 0 Å². The smallest absolute Gasteiger partial charge is 0.274 e. The topological polar surface area (TPSA) is 83.3 Å². The number of nitrogens with zero attached hydrogens (tertiary/aromatic N) is 2. The summed E-state index contributed by atoms with van der Waals surface area (Å²) in [7, 11) is 0. The number of carbonyl (C=O) groups is 1. The summed E-state index contributed by atoms with van der Waals surface area (Å²) in [4.78, 5) is 20.1. The minimum atomic E-state index is -0.271. The molecule has 2 rings (SSSR count). The van der Waals surface area contributed by atoms with Gasteiger partial charge in [-0.3, -0.25) is 9.79 Å². The largest absolute Gasteiger partial charge is 0.479 e. The highest BCUT2D eigenvalue weighted by molar-refractivity contribution is 6.10. The van der Waals surface area contributed by atoms with Crippen LogP contribution in [0.4, 0.5) is 5.69 Å². The van der Waals surface area contributed by atoms with Gasteiger partial charge in [-0.05, 0) is 42.2 Å². The first-order chi connectivity index (χ1) is 11.7. The molecule has 1 aromatic rings. The van der Waals surface area contributed by atoms with Crippen molar-refractivity contribution < 1.29 is 14.6 Å². The molecule has 0 saturated carbocycles. The van der Waals surface area contributed by atoms with Crippen molar-refractivity contribution in [3.05, 3.63) is 47.2 Å². The number of allylic oxidation sites excluding steroid dienone is 2. The number of nitrogens with one attached hydrogen (secondary N) is 1. The standard InChI is InChI=1S/C18H21N3O3/c1-3-13-5-6-15(14(4-2)10-19-11-22)9-17(13)21-18(23)16-7-8-24-12-20-16/h4-7,9-10,12,22H,3,8,11H2,1-2H3,(H,21,23)/b14-4+,19-10-. The van der Waals surface area contributed by atoms with Crippen LogP contribution in [0.15, 0.2) is 46.0 Å². The molecule has 0 unspecified atom stereocenters. The lowest BCUT2D eigenvalue weighted by atomic mass is 10.0. The van der Waals surface area contributed by atoms with Crippen molar-refractivity contribution in [2.75, 3.05) is 18.7 Å². The van der Waals surface area contributed by atoms with E-state index < -0.39 is 0 Å². The second-order valence-electron chi connectivity index (χ2n) is 5.03. The highest BCUT2D eigenvalue weighted by atomic mass is 16.5. The zero-order valence-corrected chi connectivity index (χ0v) is 13.8. The zero-order valence-electron chi connectivity index (χ0n) is 13.8. The average Bonchev–Trinajstić information content (AvgIpc) is 2.63. The number of amides is 1. The van der Waals surface area contributed by atoms with Gasteiger partial charge < -0.3 is 15.2 Å². The number of carbonyl (C=O) groups excluding carboxylic acids is 1. The van der Waals surface area contributed by atoms with Crippen LogP contribution in [0.1, 0.15) is 25.0 Å². The number of benzene rings is 1. The molecule has 0 spiro atoms. The summed E-state index contributed by atoms with van der Waals surface area (Å²) in [5.74, 6) is -0.271. The minimum Gasteiger partial charge on any atom is -0.479 e. The lowest BCUT2D eigenvalue weighted by Gasteiger charge is -2.13. The van der Waals surface area contributed by atoms with Crippen LogP contribution < -0.4 is 5.32 Å². The number of rotatable bonds is 6. The third kappa shape index (κ3) is 4.39. The van der Waals surface area contributed by atoms with Crippen LogP contribution in [0, 0.1) is 0 Å². The number of aryl methyl sites for hydroxylation is 1. The molecule has 0 aliphatic carbocycles. The van der Waals surface area contributed by atoms with E-state index in [0.29, 0.717) is 12.3 Å². The molecule has 1 amide bonds. The number of aliphatic hydroxyl groups is 1. The molecule has 0 saturated heterocycles. The van der Waals surface area contributed by atoms with Gasteiger partial charge in [-0.15, -0.1) is 0 Å². The molecule has 24 heavy (non-hydrogen) atoms. The first kappa shape index (κ1) is 17.6. The lowest BCUT2D eigenvalue weighted by molar-refractivity contribution is -0.113. The van der Waals surface area contributed by atoms with Crippen molar-refractivity contribution in [1.82, 2.24) is 0 Å². The Morgan fingerprint density at radius 3 is 2.96 bits per heavy atom. The van der Waals surface area contributed by atoms with Crippen molar-refractivity contribution in [3.63, 3.8) is 0 Å². The zero-order chi connectivity index (χ0) is 17.4. The number of anilines is 1. The van der Waals surface area contributed by atoms with E-state index in [2.05, 4.69) is 15.3 Å². The molecule has 1 heterocycles. The van der Waals surface area contributed by atoms with Crippen molar-refractivity contribution in [2.24, 2.45) is 9.98 Å². The van der Waals surface area contributed by atoms with E-state index in [9.17, 15) is 4.79 Å². The van der Waals surface area contributed by atoms with E-state index in [4.69, 9.17) is 9.84 Å². The third-order valence-electron chi connectivity index (χ3n) is 3.57. The summed E-state index contributed by atoms with van der Waals surface area (Å²) in [6.45, 7) is 4.00. The number of aliphatic imine (C=N–C) groups is 2. The van der Waals surface area contributed by atoms with E-state index in [1.54, 1.807) is 12.3 Å². The summed E-state index contributed by atoms with van der Waals surface area (Å²) in [5, 5.41) is 11.8. The number of hydrogen-bond acceptors (Lipinski definition) is 5. The van der Waals surface area contributed by atoms with Gasteiger partial charge in [0.1, 0.15) is 19.0 Å². The van der Waals surface area contributed by atoms with Crippen LogP contribution >= 0.6 is 0 Å². The summed E-state index contributed by atoms with van der Waals surface area (Å²) in [6, 6.07) is 5.85. The quantitative estimate of drug-likeness (QED) is 0.788. The highest BCUT2D eigenvalue weighted by Crippen LogP contribution is 2.23. The van der Waals surface area contributed by atoms with Crippen LogP contribution in [0.25, 0.3) is 5.57 Å². The summed E-state index contributed by atoms with van der Waals surface area (Å²) < 4.78 is 4.96. The van der Waals surface area contributed by atoms with Gasteiger partial charge in [0.2, 0.25) is 0 Å². The van der Waals surface area contributed by atoms with Gasteiger partial charge >= 0.3 is 0 Å². The second-order valence-corrected chi connectivity index (χ2v) is 5.03. The molecule has 6 heteroatoms. The number of ether oxygens (including phenoxy) is 1. The predicted octanol–water partition coefficient (Wildman–Crippen LogP) is 2.55. The van der Waals surface area contributed by atoms with Gasteiger partial charge in [-0.1, -0.05) is 25.1 Å². The molecule has 1 aliphatic rings. The summed E-state index contributed by atoms with van der Waals surface area (Å²) >= 11 is 0. The van der Waals surface area contributed by atoms with Gasteiger partial charge in [0, 0.05) is 11.9 Å². The molecule has 1 aliphatic heterocycles. The van der Waals surface area contributed by atoms with Crippen LogP contribution in [0.2, 0.25) is 0 Å². The van der Waals surface area contributed by atoms with Crippen molar-refractivity contribution in [1.29, 1.82) is 0 Å². The highest BCUT2D eigenvalue weighted by Gasteiger charge is 2.13. The van der Waals surface area contributed by atoms with Gasteiger partial charge in [0.05, 0.1) is 0 Å². The van der Waals surface area contributed by atoms with Crippen molar-refractivity contribution >= 4 is 29.8 Å². The van der Waals surface area contributed by atoms with Gasteiger partial charge in [0.25, 0.3) is 5.91 Å². The summed E-state index contributed by atoms with van der Waals surface area (Å²) in [5.41, 5.74) is 3.87. The molecule has 1 aromatic carbocycles. The van der Waals surface area contributed by atoms with E-state index in [1.807, 2.05) is 38.1 Å². The molecular weight excluding hydrogens is 306 g/mol. The van der Waals surface area contributed by atoms with Gasteiger partial charge in [-0.25, -0.2) is 4.99 Å². The Bertz CT molecular complexity index is 718. The Kier molecular flexibility index (Phi) is 6.45. The van der Waals surface area contributed by atoms with Crippen LogP contribution in [-0.4, -0.2) is 37.0 Å². The predicted molar refractivity (Wildman–Crippen MR) is 96.2 cm³/mol. The Labute approximate surface area is 141 Å². The first-order valence-corrected chi connectivity index (χ1v) is 7.75. The van der Waals surface area contributed by atoms with E-state index in [0.717, 1.165) is 28.8 Å². The Hall–Kier alpha value is -2.73. The maximum atomic E-state index is 12.3. The van der Waals surface area contributed by atoms with Crippen LogP contribution in [0.3, 0.4) is 0 Å². The SMILES string of the molecule is C/C=C(\C=N/CO)c1ccc(CC)c(NC(=O)C2=CCOC=N2)c1. The Balaban J connectivity index is 2.29. The van der Waals surface area contributed by atoms with Crippen molar-refractivity contribution in [2.45, 2.75) is 20.3 Å². The first-order valence-electron chi connectivity index (χ1n) is 7.75. The maximum absolute atomic E-state index is 12.3. The molecule has 0 bridgehead atoms. The fourth-order valence-corrected chi connectivity index (χ4v) is 2.29. The van der Waals surface area contributed by atoms with Crippen LogP contribution in [0.5, 0.6) is 0 Å². The molecule has 126 valence electrons. The fourth-order valence-electron chi connectivity index (χ4n) is 2.29. The number of aliphatic hydroxyl groups excluding tert-OH is 1. The molecule has 0 fully saturated rings. The van der Waals surface area contributed by atoms with Crippen molar-refractivity contribution in [3.8, 4) is 0 Å². The monoisotopic (exact) mass is 327 g/mol. The molecule has 0 atom stereocenters. The Morgan fingerprint density at radius 2 is 2.33 bits per heavy atom. The third-order valence-corrected chi connectivity index (χ3v) is 3.57. The molecule has 0 radical (unpaired) electrons. The normalized spacial score (nSPS) is 14.5. The van der Waals surface area contributed by atoms with Gasteiger partial charge in [0.15, 0.2) is 6.40 Å². The second kappa shape index (κ2) is 8.79. The molecular formula is C18H21N3O3. The minimum absolute atomic E-state index is 0.262. The molecule has 0 aromatic heterocycles. The Morgan fingerprint density at radius 1 is 1.50 bits per heavy atom. The number of hydrogen-bond donors (Lipinski definition) is 2. The van der Waals surface area contributed by atoms with Crippen LogP contribution in [-0.2, 0) is 16.0 Å².